The topological polar surface area (TPSA) is 54.4 Å². The van der Waals surface area contributed by atoms with E-state index in [0.29, 0.717) is 0 Å². The van der Waals surface area contributed by atoms with Gasteiger partial charge in [-0.15, -0.1) is 0 Å². The number of carbonyl (C=O) groups is 2. The first-order valence-corrected chi connectivity index (χ1v) is 4.71. The summed E-state index contributed by atoms with van der Waals surface area (Å²) in [6.45, 7) is 0. The van der Waals surface area contributed by atoms with Gasteiger partial charge in [-0.05, 0) is 6.07 Å². The monoisotopic (exact) mass is 231 g/mol. The number of benzene rings is 2. The fourth-order valence-electron chi connectivity index (χ4n) is 1.37. The second-order valence-electron chi connectivity index (χ2n) is 3.18. The molecule has 0 bridgehead atoms. The number of hydrogen-bond donors (Lipinski definition) is 1. The highest BCUT2D eigenvalue weighted by atomic mass is 16.4. The van der Waals surface area contributed by atoms with Crippen LogP contribution in [0, 0.1) is 0 Å². The molecule has 0 aromatic heterocycles. The summed E-state index contributed by atoms with van der Waals surface area (Å²) in [6, 6.07) is 2.12. The molecule has 3 heteroatoms. The lowest BCUT2D eigenvalue weighted by molar-refractivity contribution is 0.0693. The van der Waals surface area contributed by atoms with Crippen molar-refractivity contribution < 1.29 is 21.5 Å². The Balaban J connectivity index is 2.74. The van der Waals surface area contributed by atoms with Gasteiger partial charge < -0.3 is 5.11 Å². The van der Waals surface area contributed by atoms with Crippen LogP contribution >= 0.6 is 0 Å². The fourth-order valence-corrected chi connectivity index (χ4v) is 1.37. The summed E-state index contributed by atoms with van der Waals surface area (Å²) in [5, 5.41) is 9.10. The van der Waals surface area contributed by atoms with Gasteiger partial charge in [-0.2, -0.15) is 0 Å². The number of hydrogen-bond acceptors (Lipinski definition) is 2. The summed E-state index contributed by atoms with van der Waals surface area (Å²) in [6.07, 6.45) is 0. The molecule has 0 unspecified atom stereocenters. The third kappa shape index (κ3) is 2.23. The van der Waals surface area contributed by atoms with E-state index in [9.17, 15) is 9.59 Å². The number of aromatic carboxylic acids is 1. The van der Waals surface area contributed by atoms with Crippen molar-refractivity contribution in [2.75, 3.05) is 0 Å². The van der Waals surface area contributed by atoms with Gasteiger partial charge in [0.15, 0.2) is 5.78 Å². The molecule has 2 aromatic rings. The van der Waals surface area contributed by atoms with Crippen LogP contribution in [-0.4, -0.2) is 16.9 Å². The second kappa shape index (κ2) is 4.61. The zero-order chi connectivity index (χ0) is 16.6. The number of carboxylic acid groups (broad SMARTS) is 1. The quantitative estimate of drug-likeness (QED) is 0.826. The van der Waals surface area contributed by atoms with Crippen LogP contribution in [-0.2, 0) is 0 Å². The Hall–Kier alpha value is -2.42. The molecule has 0 amide bonds. The van der Waals surface area contributed by atoms with Gasteiger partial charge in [-0.1, -0.05) is 48.4 Å². The summed E-state index contributed by atoms with van der Waals surface area (Å²) < 4.78 is 38.1. The second-order valence-corrected chi connectivity index (χ2v) is 3.18. The highest BCUT2D eigenvalue weighted by Crippen LogP contribution is 2.14. The molecule has 84 valence electrons. The Morgan fingerprint density at radius 3 is 2.18 bits per heavy atom. The van der Waals surface area contributed by atoms with E-state index in [1.165, 1.54) is 24.3 Å². The molecule has 1 N–H and O–H groups in total. The van der Waals surface area contributed by atoms with Gasteiger partial charge in [0.05, 0.1) is 12.4 Å². The van der Waals surface area contributed by atoms with E-state index in [2.05, 4.69) is 0 Å². The van der Waals surface area contributed by atoms with E-state index < -0.39 is 47.5 Å². The van der Waals surface area contributed by atoms with Crippen LogP contribution in [0.3, 0.4) is 0 Å². The van der Waals surface area contributed by atoms with E-state index in [4.69, 9.17) is 12.0 Å². The SMILES string of the molecule is [2H]c1c([2H])c([2H])c(C(=O)c2ccccc2C(=O)O)c([2H])c1[2H]. The summed E-state index contributed by atoms with van der Waals surface area (Å²) in [5.41, 5.74) is -1.06. The lowest BCUT2D eigenvalue weighted by atomic mass is 9.98. The molecule has 0 saturated heterocycles. The van der Waals surface area contributed by atoms with E-state index in [1.807, 2.05) is 0 Å². The maximum atomic E-state index is 12.5. The molecule has 0 radical (unpaired) electrons. The van der Waals surface area contributed by atoms with Gasteiger partial charge in [0.2, 0.25) is 0 Å². The predicted molar refractivity (Wildman–Crippen MR) is 63.3 cm³/mol. The largest absolute Gasteiger partial charge is 0.478 e. The fraction of sp³-hybridized carbons (Fsp3) is 0. The van der Waals surface area contributed by atoms with Crippen LogP contribution in [0.5, 0.6) is 0 Å². The number of rotatable bonds is 3. The molecule has 2 aromatic carbocycles. The normalized spacial score (nSPS) is 14.0. The molecule has 0 saturated carbocycles. The number of ketones is 1. The summed E-state index contributed by atoms with van der Waals surface area (Å²) in [4.78, 5) is 23.7. The molecular weight excluding hydrogens is 216 g/mol. The van der Waals surface area contributed by atoms with E-state index in [-0.39, 0.29) is 11.1 Å². The maximum Gasteiger partial charge on any atom is 0.336 e. The molecule has 0 heterocycles. The molecule has 3 nitrogen and oxygen atoms in total. The predicted octanol–water partition coefficient (Wildman–Crippen LogP) is 2.62. The van der Waals surface area contributed by atoms with Crippen molar-refractivity contribution in [3.63, 3.8) is 0 Å². The molecule has 0 atom stereocenters. The zero-order valence-corrected chi connectivity index (χ0v) is 8.57. The average molecular weight is 231 g/mol. The van der Waals surface area contributed by atoms with Gasteiger partial charge in [-0.25, -0.2) is 4.79 Å². The molecule has 0 aliphatic carbocycles. The molecular formula is C14H10O3. The minimum atomic E-state index is -1.34. The first-order valence-electron chi connectivity index (χ1n) is 7.21. The van der Waals surface area contributed by atoms with Crippen LogP contribution in [0.1, 0.15) is 33.1 Å². The van der Waals surface area contributed by atoms with Crippen molar-refractivity contribution in [1.82, 2.24) is 0 Å². The van der Waals surface area contributed by atoms with Gasteiger partial charge in [0.1, 0.15) is 0 Å². The van der Waals surface area contributed by atoms with Crippen LogP contribution in [0.15, 0.2) is 54.5 Å². The van der Waals surface area contributed by atoms with E-state index >= 15 is 0 Å². The minimum absolute atomic E-state index is 0.228. The highest BCUT2D eigenvalue weighted by molar-refractivity contribution is 6.14. The van der Waals surface area contributed by atoms with Crippen molar-refractivity contribution in [3.05, 3.63) is 71.2 Å². The summed E-state index contributed by atoms with van der Waals surface area (Å²) >= 11 is 0. The van der Waals surface area contributed by atoms with Crippen molar-refractivity contribution in [1.29, 1.82) is 0 Å². The van der Waals surface area contributed by atoms with Crippen LogP contribution in [0.25, 0.3) is 0 Å². The maximum absolute atomic E-state index is 12.5. The van der Waals surface area contributed by atoms with Gasteiger partial charge in [-0.3, -0.25) is 4.79 Å². The Morgan fingerprint density at radius 2 is 1.59 bits per heavy atom. The highest BCUT2D eigenvalue weighted by Gasteiger charge is 2.16. The van der Waals surface area contributed by atoms with E-state index in [0.717, 1.165) is 0 Å². The van der Waals surface area contributed by atoms with Gasteiger partial charge >= 0.3 is 5.97 Å². The van der Waals surface area contributed by atoms with Crippen molar-refractivity contribution in [3.8, 4) is 0 Å². The number of carbonyl (C=O) groups excluding carboxylic acids is 1. The zero-order valence-electron chi connectivity index (χ0n) is 13.6. The molecule has 0 spiro atoms. The summed E-state index contributed by atoms with van der Waals surface area (Å²) in [7, 11) is 0. The lowest BCUT2D eigenvalue weighted by Gasteiger charge is -2.04. The Bertz CT molecular complexity index is 772. The van der Waals surface area contributed by atoms with Gasteiger partial charge in [0.25, 0.3) is 0 Å². The van der Waals surface area contributed by atoms with Crippen LogP contribution in [0.2, 0.25) is 0 Å². The smallest absolute Gasteiger partial charge is 0.336 e. The van der Waals surface area contributed by atoms with Crippen molar-refractivity contribution >= 4 is 11.8 Å². The average Bonchev–Trinajstić information content (AvgIpc) is 2.51. The molecule has 0 fully saturated rings. The van der Waals surface area contributed by atoms with Crippen molar-refractivity contribution in [2.45, 2.75) is 0 Å². The number of carboxylic acids is 1. The van der Waals surface area contributed by atoms with Crippen LogP contribution < -0.4 is 0 Å². The molecule has 0 aliphatic rings. The Labute approximate surface area is 105 Å². The summed E-state index contributed by atoms with van der Waals surface area (Å²) in [5.74, 6) is -2.26. The molecule has 2 rings (SSSR count). The molecule has 0 aliphatic heterocycles. The first kappa shape index (κ1) is 6.35. The van der Waals surface area contributed by atoms with Crippen LogP contribution in [0.4, 0.5) is 0 Å². The third-order valence-electron chi connectivity index (χ3n) is 2.13. The standard InChI is InChI=1S/C14H10O3/c15-13(10-6-2-1-3-7-10)11-8-4-5-9-12(11)14(16)17/h1-9H,(H,16,17)/i1D,2D,3D,6D,7D. The Morgan fingerprint density at radius 1 is 1.00 bits per heavy atom. The molecule has 17 heavy (non-hydrogen) atoms. The lowest BCUT2D eigenvalue weighted by Crippen LogP contribution is -2.09. The first-order chi connectivity index (χ1) is 10.3. The van der Waals surface area contributed by atoms with Crippen molar-refractivity contribution in [2.24, 2.45) is 0 Å². The van der Waals surface area contributed by atoms with Gasteiger partial charge in [0, 0.05) is 11.1 Å². The Kier molecular flexibility index (Phi) is 1.72. The third-order valence-corrected chi connectivity index (χ3v) is 2.13. The van der Waals surface area contributed by atoms with E-state index in [1.54, 1.807) is 0 Å². The minimum Gasteiger partial charge on any atom is -0.478 e.